The van der Waals surface area contributed by atoms with Crippen molar-refractivity contribution >= 4 is 45.0 Å². The quantitative estimate of drug-likeness (QED) is 0.682. The molecule has 2 aliphatic rings. The van der Waals surface area contributed by atoms with Gasteiger partial charge in [-0.25, -0.2) is 8.42 Å². The van der Waals surface area contributed by atoms with Crippen molar-refractivity contribution < 1.29 is 13.2 Å². The molecule has 0 bridgehead atoms. The van der Waals surface area contributed by atoms with Crippen LogP contribution in [0.1, 0.15) is 36.5 Å². The zero-order valence-electron chi connectivity index (χ0n) is 16.2. The second kappa shape index (κ2) is 8.30. The zero-order chi connectivity index (χ0) is 20.6. The number of thioether (sulfide) groups is 1. The van der Waals surface area contributed by atoms with Crippen molar-refractivity contribution in [1.82, 2.24) is 4.31 Å². The molecule has 2 aromatic rings. The zero-order valence-corrected chi connectivity index (χ0v) is 18.6. The summed E-state index contributed by atoms with van der Waals surface area (Å²) in [5.74, 6) is 0.656. The van der Waals surface area contributed by atoms with Gasteiger partial charge in [-0.15, -0.1) is 11.8 Å². The Morgan fingerprint density at radius 2 is 1.86 bits per heavy atom. The molecule has 29 heavy (non-hydrogen) atoms. The Morgan fingerprint density at radius 1 is 1.10 bits per heavy atom. The molecule has 2 aromatic carbocycles. The van der Waals surface area contributed by atoms with Crippen molar-refractivity contribution in [3.05, 3.63) is 53.1 Å². The lowest BCUT2D eigenvalue weighted by Gasteiger charge is -2.32. The van der Waals surface area contributed by atoms with Gasteiger partial charge in [0.15, 0.2) is 0 Å². The van der Waals surface area contributed by atoms with Gasteiger partial charge in [0.2, 0.25) is 10.0 Å². The van der Waals surface area contributed by atoms with Crippen LogP contribution in [0.5, 0.6) is 0 Å². The predicted octanol–water partition coefficient (Wildman–Crippen LogP) is 4.66. The van der Waals surface area contributed by atoms with Crippen molar-refractivity contribution in [2.45, 2.75) is 42.0 Å². The van der Waals surface area contributed by atoms with Crippen LogP contribution in [-0.4, -0.2) is 43.5 Å². The SMILES string of the molecule is CC1CCCCN1S(=O)(=O)c1ccc(C(=O)N2CCSc3ccc(Cl)cc32)cc1. The number of rotatable bonds is 3. The maximum Gasteiger partial charge on any atom is 0.258 e. The third-order valence-corrected chi connectivity index (χ3v) is 8.79. The Bertz CT molecular complexity index is 1020. The van der Waals surface area contributed by atoms with E-state index in [2.05, 4.69) is 0 Å². The number of hydrogen-bond donors (Lipinski definition) is 0. The molecule has 154 valence electrons. The van der Waals surface area contributed by atoms with Gasteiger partial charge in [0.05, 0.1) is 10.6 Å². The fourth-order valence-corrected chi connectivity index (χ4v) is 6.73. The van der Waals surface area contributed by atoms with Crippen LogP contribution in [0, 0.1) is 0 Å². The Balaban J connectivity index is 1.59. The Hall–Kier alpha value is -1.54. The highest BCUT2D eigenvalue weighted by Crippen LogP contribution is 2.37. The fourth-order valence-electron chi connectivity index (χ4n) is 3.89. The second-order valence-electron chi connectivity index (χ2n) is 7.40. The number of fused-ring (bicyclic) bond motifs is 1. The topological polar surface area (TPSA) is 57.7 Å². The number of halogens is 1. The number of carbonyl (C=O) groups is 1. The summed E-state index contributed by atoms with van der Waals surface area (Å²) in [5.41, 5.74) is 1.27. The van der Waals surface area contributed by atoms with E-state index in [9.17, 15) is 13.2 Å². The smallest absolute Gasteiger partial charge is 0.258 e. The number of sulfonamides is 1. The van der Waals surface area contributed by atoms with E-state index in [0.717, 1.165) is 35.6 Å². The van der Waals surface area contributed by atoms with Crippen LogP contribution < -0.4 is 4.90 Å². The lowest BCUT2D eigenvalue weighted by Crippen LogP contribution is -2.41. The minimum absolute atomic E-state index is 0.00200. The second-order valence-corrected chi connectivity index (χ2v) is 10.9. The molecular formula is C21H23ClN2O3S2. The van der Waals surface area contributed by atoms with Crippen LogP contribution in [0.25, 0.3) is 0 Å². The molecule has 2 heterocycles. The lowest BCUT2D eigenvalue weighted by atomic mass is 10.1. The third-order valence-electron chi connectivity index (χ3n) is 5.48. The first-order valence-corrected chi connectivity index (χ1v) is 12.5. The maximum atomic E-state index is 13.1. The molecule has 4 rings (SSSR count). The van der Waals surface area contributed by atoms with Gasteiger partial charge >= 0.3 is 0 Å². The van der Waals surface area contributed by atoms with E-state index in [1.54, 1.807) is 51.3 Å². The highest BCUT2D eigenvalue weighted by Gasteiger charge is 2.31. The van der Waals surface area contributed by atoms with Crippen LogP contribution in [0.15, 0.2) is 52.3 Å². The van der Waals surface area contributed by atoms with Crippen molar-refractivity contribution in [1.29, 1.82) is 0 Å². The molecule has 0 saturated carbocycles. The van der Waals surface area contributed by atoms with Crippen LogP contribution in [-0.2, 0) is 10.0 Å². The number of carbonyl (C=O) groups excluding carboxylic acids is 1. The summed E-state index contributed by atoms with van der Waals surface area (Å²) >= 11 is 7.83. The Labute approximate surface area is 181 Å². The van der Waals surface area contributed by atoms with E-state index < -0.39 is 10.0 Å². The predicted molar refractivity (Wildman–Crippen MR) is 117 cm³/mol. The summed E-state index contributed by atoms with van der Waals surface area (Å²) < 4.78 is 27.6. The molecule has 1 saturated heterocycles. The van der Waals surface area contributed by atoms with Crippen molar-refractivity contribution in [3.8, 4) is 0 Å². The van der Waals surface area contributed by atoms with E-state index in [4.69, 9.17) is 11.6 Å². The van der Waals surface area contributed by atoms with Crippen molar-refractivity contribution in [2.75, 3.05) is 23.7 Å². The van der Waals surface area contributed by atoms with Gasteiger partial charge in [-0.3, -0.25) is 4.79 Å². The first-order chi connectivity index (χ1) is 13.9. The van der Waals surface area contributed by atoms with Crippen LogP contribution >= 0.6 is 23.4 Å². The monoisotopic (exact) mass is 450 g/mol. The first-order valence-electron chi connectivity index (χ1n) is 9.74. The highest BCUT2D eigenvalue weighted by molar-refractivity contribution is 7.99. The molecule has 1 amide bonds. The number of benzene rings is 2. The van der Waals surface area contributed by atoms with E-state index >= 15 is 0 Å². The van der Waals surface area contributed by atoms with Gasteiger partial charge in [-0.05, 0) is 62.2 Å². The van der Waals surface area contributed by atoms with Crippen molar-refractivity contribution in [3.63, 3.8) is 0 Å². The molecule has 0 radical (unpaired) electrons. The van der Waals surface area contributed by atoms with E-state index in [-0.39, 0.29) is 16.8 Å². The number of anilines is 1. The van der Waals surface area contributed by atoms with Gasteiger partial charge < -0.3 is 4.90 Å². The third kappa shape index (κ3) is 4.06. The van der Waals surface area contributed by atoms with Gasteiger partial charge in [0, 0.05) is 40.4 Å². The molecule has 5 nitrogen and oxygen atoms in total. The van der Waals surface area contributed by atoms with Gasteiger partial charge in [-0.2, -0.15) is 4.31 Å². The number of hydrogen-bond acceptors (Lipinski definition) is 4. The normalized spacial score (nSPS) is 20.3. The standard InChI is InChI=1S/C21H23ClN2O3S2/c1-15-4-2-3-11-24(15)29(26,27)18-8-5-16(6-9-18)21(25)23-12-13-28-20-10-7-17(22)14-19(20)23/h5-10,14-15H,2-4,11-13H2,1H3. The van der Waals surface area contributed by atoms with Crippen LogP contribution in [0.4, 0.5) is 5.69 Å². The summed E-state index contributed by atoms with van der Waals surface area (Å²) in [5, 5.41) is 0.584. The molecule has 0 aliphatic carbocycles. The highest BCUT2D eigenvalue weighted by atomic mass is 35.5. The molecule has 1 unspecified atom stereocenters. The molecule has 0 N–H and O–H groups in total. The summed E-state index contributed by atoms with van der Waals surface area (Å²) in [6.07, 6.45) is 2.82. The van der Waals surface area contributed by atoms with E-state index in [0.29, 0.717) is 23.7 Å². The molecule has 2 aliphatic heterocycles. The van der Waals surface area contributed by atoms with Gasteiger partial charge in [-0.1, -0.05) is 18.0 Å². The summed E-state index contributed by atoms with van der Waals surface area (Å²) in [7, 11) is -3.55. The minimum atomic E-state index is -3.55. The molecular weight excluding hydrogens is 428 g/mol. The average molecular weight is 451 g/mol. The van der Waals surface area contributed by atoms with Crippen molar-refractivity contribution in [2.24, 2.45) is 0 Å². The molecule has 1 atom stereocenters. The van der Waals surface area contributed by atoms with Crippen LogP contribution in [0.3, 0.4) is 0 Å². The average Bonchev–Trinajstić information content (AvgIpc) is 2.73. The Kier molecular flexibility index (Phi) is 5.93. The summed E-state index contributed by atoms with van der Waals surface area (Å²) in [4.78, 5) is 16.1. The molecule has 1 fully saturated rings. The first kappa shape index (κ1) is 20.7. The van der Waals surface area contributed by atoms with Crippen LogP contribution in [0.2, 0.25) is 5.02 Å². The van der Waals surface area contributed by atoms with Gasteiger partial charge in [0.1, 0.15) is 0 Å². The number of piperidine rings is 1. The molecule has 0 aromatic heterocycles. The van der Waals surface area contributed by atoms with E-state index in [1.807, 2.05) is 19.1 Å². The number of nitrogens with zero attached hydrogens (tertiary/aromatic N) is 2. The summed E-state index contributed by atoms with van der Waals surface area (Å²) in [6, 6.07) is 11.9. The maximum absolute atomic E-state index is 13.1. The number of amides is 1. The lowest BCUT2D eigenvalue weighted by molar-refractivity contribution is 0.0987. The van der Waals surface area contributed by atoms with E-state index in [1.165, 1.54) is 0 Å². The minimum Gasteiger partial charge on any atom is -0.306 e. The molecule has 0 spiro atoms. The summed E-state index contributed by atoms with van der Waals surface area (Å²) in [6.45, 7) is 3.08. The fraction of sp³-hybridized carbons (Fsp3) is 0.381. The largest absolute Gasteiger partial charge is 0.306 e. The molecule has 8 heteroatoms. The van der Waals surface area contributed by atoms with Gasteiger partial charge in [0.25, 0.3) is 5.91 Å². The Morgan fingerprint density at radius 3 is 2.59 bits per heavy atom.